The van der Waals surface area contributed by atoms with Crippen LogP contribution in [0.25, 0.3) is 6.08 Å². The van der Waals surface area contributed by atoms with Gasteiger partial charge in [0, 0.05) is 0 Å². The van der Waals surface area contributed by atoms with Crippen LogP contribution in [0.15, 0.2) is 22.2 Å². The Morgan fingerprint density at radius 3 is 2.67 bits per heavy atom. The monoisotopic (exact) mass is 211 g/mol. The van der Waals surface area contributed by atoms with Crippen LogP contribution in [0.1, 0.15) is 11.5 Å². The molecule has 0 aliphatic rings. The standard InChI is InChI=1S/C9H9NO5/c1-6-3-4-7(15-6)5-8(10(12)13)9(11)14-2/h3-5H,1-2H3/b8-5+. The predicted molar refractivity (Wildman–Crippen MR) is 50.4 cm³/mol. The summed E-state index contributed by atoms with van der Waals surface area (Å²) in [5.41, 5.74) is -0.660. The Kier molecular flexibility index (Phi) is 3.22. The first-order valence-electron chi connectivity index (χ1n) is 4.05. The number of hydrogen-bond donors (Lipinski definition) is 0. The van der Waals surface area contributed by atoms with Gasteiger partial charge in [-0.25, -0.2) is 4.79 Å². The predicted octanol–water partition coefficient (Wildman–Crippen LogP) is 1.38. The molecule has 6 heteroatoms. The van der Waals surface area contributed by atoms with Crippen molar-refractivity contribution in [2.45, 2.75) is 6.92 Å². The van der Waals surface area contributed by atoms with Crippen molar-refractivity contribution < 1.29 is 18.9 Å². The van der Waals surface area contributed by atoms with E-state index in [-0.39, 0.29) is 5.76 Å². The number of hydrogen-bond acceptors (Lipinski definition) is 5. The third-order valence-electron chi connectivity index (χ3n) is 1.63. The average molecular weight is 211 g/mol. The topological polar surface area (TPSA) is 82.6 Å². The molecular weight excluding hydrogens is 202 g/mol. The number of ether oxygens (including phenoxy) is 1. The molecule has 0 aliphatic carbocycles. The number of carbonyl (C=O) groups excluding carboxylic acids is 1. The molecule has 0 amide bonds. The van der Waals surface area contributed by atoms with E-state index in [4.69, 9.17) is 4.42 Å². The molecule has 6 nitrogen and oxygen atoms in total. The first-order chi connectivity index (χ1) is 7.04. The van der Waals surface area contributed by atoms with Crippen LogP contribution in [0.3, 0.4) is 0 Å². The van der Waals surface area contributed by atoms with E-state index in [1.165, 1.54) is 6.07 Å². The lowest BCUT2D eigenvalue weighted by molar-refractivity contribution is -0.419. The number of nitrogens with zero attached hydrogens (tertiary/aromatic N) is 1. The van der Waals surface area contributed by atoms with Crippen LogP contribution in [-0.4, -0.2) is 18.0 Å². The normalized spacial score (nSPS) is 11.2. The van der Waals surface area contributed by atoms with Gasteiger partial charge < -0.3 is 9.15 Å². The van der Waals surface area contributed by atoms with Crippen LogP contribution in [0.5, 0.6) is 0 Å². The molecule has 0 spiro atoms. The molecule has 1 rings (SSSR count). The number of aryl methyl sites for hydroxylation is 1. The number of methoxy groups -OCH3 is 1. The van der Waals surface area contributed by atoms with Gasteiger partial charge in [0.2, 0.25) is 0 Å². The van der Waals surface area contributed by atoms with E-state index in [1.54, 1.807) is 13.0 Å². The quantitative estimate of drug-likeness (QED) is 0.326. The van der Waals surface area contributed by atoms with E-state index in [2.05, 4.69) is 4.74 Å². The van der Waals surface area contributed by atoms with Gasteiger partial charge in [0.05, 0.1) is 18.1 Å². The molecule has 0 radical (unpaired) electrons. The summed E-state index contributed by atoms with van der Waals surface area (Å²) in [6.45, 7) is 1.70. The average Bonchev–Trinajstić information content (AvgIpc) is 2.59. The summed E-state index contributed by atoms with van der Waals surface area (Å²) in [5.74, 6) is -0.160. The van der Waals surface area contributed by atoms with Crippen LogP contribution < -0.4 is 0 Å². The highest BCUT2D eigenvalue weighted by Crippen LogP contribution is 2.12. The lowest BCUT2D eigenvalue weighted by Crippen LogP contribution is -2.12. The minimum atomic E-state index is -1.01. The third kappa shape index (κ3) is 2.67. The van der Waals surface area contributed by atoms with E-state index in [1.807, 2.05) is 0 Å². The lowest BCUT2D eigenvalue weighted by Gasteiger charge is -1.94. The number of rotatable bonds is 3. The highest BCUT2D eigenvalue weighted by molar-refractivity contribution is 5.90. The zero-order valence-corrected chi connectivity index (χ0v) is 8.22. The molecule has 80 valence electrons. The van der Waals surface area contributed by atoms with Crippen LogP contribution >= 0.6 is 0 Å². The van der Waals surface area contributed by atoms with Gasteiger partial charge in [0.15, 0.2) is 0 Å². The summed E-state index contributed by atoms with van der Waals surface area (Å²) in [5, 5.41) is 10.5. The Morgan fingerprint density at radius 1 is 1.60 bits per heavy atom. The molecule has 1 aromatic heterocycles. The second-order valence-corrected chi connectivity index (χ2v) is 2.73. The van der Waals surface area contributed by atoms with Gasteiger partial charge in [-0.3, -0.25) is 10.1 Å². The molecule has 0 fully saturated rings. The van der Waals surface area contributed by atoms with Gasteiger partial charge in [-0.2, -0.15) is 0 Å². The molecule has 0 saturated carbocycles. The third-order valence-corrected chi connectivity index (χ3v) is 1.63. The molecule has 0 N–H and O–H groups in total. The molecule has 15 heavy (non-hydrogen) atoms. The Labute approximate surface area is 85.3 Å². The van der Waals surface area contributed by atoms with Crippen LogP contribution in [-0.2, 0) is 9.53 Å². The Morgan fingerprint density at radius 2 is 2.27 bits per heavy atom. The van der Waals surface area contributed by atoms with Crippen molar-refractivity contribution in [1.29, 1.82) is 0 Å². The number of furan rings is 1. The molecule has 0 aromatic carbocycles. The van der Waals surface area contributed by atoms with Crippen molar-refractivity contribution in [3.05, 3.63) is 39.5 Å². The molecular formula is C9H9NO5. The zero-order valence-electron chi connectivity index (χ0n) is 8.22. The summed E-state index contributed by atoms with van der Waals surface area (Å²) in [4.78, 5) is 20.7. The summed E-state index contributed by atoms with van der Waals surface area (Å²) >= 11 is 0. The molecule has 1 heterocycles. The van der Waals surface area contributed by atoms with Crippen molar-refractivity contribution in [1.82, 2.24) is 0 Å². The van der Waals surface area contributed by atoms with E-state index in [0.717, 1.165) is 13.2 Å². The molecule has 0 unspecified atom stereocenters. The maximum absolute atomic E-state index is 11.0. The van der Waals surface area contributed by atoms with E-state index >= 15 is 0 Å². The fourth-order valence-corrected chi connectivity index (χ4v) is 0.956. The van der Waals surface area contributed by atoms with Crippen molar-refractivity contribution in [3.8, 4) is 0 Å². The SMILES string of the molecule is COC(=O)/C(=C\c1ccc(C)o1)[N+](=O)[O-]. The molecule has 1 aromatic rings. The van der Waals surface area contributed by atoms with Crippen LogP contribution in [0.4, 0.5) is 0 Å². The fourth-order valence-electron chi connectivity index (χ4n) is 0.956. The van der Waals surface area contributed by atoms with Crippen molar-refractivity contribution in [2.75, 3.05) is 7.11 Å². The van der Waals surface area contributed by atoms with Crippen molar-refractivity contribution in [2.24, 2.45) is 0 Å². The van der Waals surface area contributed by atoms with Gasteiger partial charge in [0.25, 0.3) is 0 Å². The van der Waals surface area contributed by atoms with E-state index in [0.29, 0.717) is 5.76 Å². The number of carbonyl (C=O) groups is 1. The fraction of sp³-hybridized carbons (Fsp3) is 0.222. The zero-order chi connectivity index (χ0) is 11.4. The molecule has 0 bridgehead atoms. The van der Waals surface area contributed by atoms with Gasteiger partial charge >= 0.3 is 11.7 Å². The van der Waals surface area contributed by atoms with Gasteiger partial charge in [0.1, 0.15) is 11.5 Å². The van der Waals surface area contributed by atoms with E-state index in [9.17, 15) is 14.9 Å². The Hall–Kier alpha value is -2.11. The number of nitro groups is 1. The first kappa shape index (κ1) is 11.0. The van der Waals surface area contributed by atoms with E-state index < -0.39 is 16.6 Å². The van der Waals surface area contributed by atoms with Crippen LogP contribution in [0, 0.1) is 17.0 Å². The summed E-state index contributed by atoms with van der Waals surface area (Å²) < 4.78 is 9.33. The minimum absolute atomic E-state index is 0.240. The second-order valence-electron chi connectivity index (χ2n) is 2.73. The smallest absolute Gasteiger partial charge is 0.409 e. The Bertz CT molecular complexity index is 418. The maximum atomic E-state index is 11.0. The summed E-state index contributed by atoms with van der Waals surface area (Å²) in [6, 6.07) is 3.17. The van der Waals surface area contributed by atoms with Gasteiger partial charge in [-0.15, -0.1) is 0 Å². The highest BCUT2D eigenvalue weighted by atomic mass is 16.6. The first-order valence-corrected chi connectivity index (χ1v) is 4.05. The Balaban J connectivity index is 3.04. The minimum Gasteiger partial charge on any atom is -0.462 e. The van der Waals surface area contributed by atoms with Gasteiger partial charge in [-0.05, 0) is 19.1 Å². The molecule has 0 aliphatic heterocycles. The lowest BCUT2D eigenvalue weighted by atomic mass is 10.3. The molecule has 0 saturated heterocycles. The summed E-state index contributed by atoms with van der Waals surface area (Å²) in [7, 11) is 1.08. The van der Waals surface area contributed by atoms with Gasteiger partial charge in [-0.1, -0.05) is 0 Å². The molecule has 0 atom stereocenters. The van der Waals surface area contributed by atoms with Crippen LogP contribution in [0.2, 0.25) is 0 Å². The van der Waals surface area contributed by atoms with Crippen molar-refractivity contribution in [3.63, 3.8) is 0 Å². The maximum Gasteiger partial charge on any atom is 0.409 e. The second kappa shape index (κ2) is 4.41. The largest absolute Gasteiger partial charge is 0.462 e. The summed E-state index contributed by atoms with van der Waals surface area (Å²) in [6.07, 6.45) is 1.03. The number of esters is 1. The highest BCUT2D eigenvalue weighted by Gasteiger charge is 2.23. The van der Waals surface area contributed by atoms with Crippen molar-refractivity contribution >= 4 is 12.0 Å².